The second kappa shape index (κ2) is 7.87. The SMILES string of the molecule is Cc1ncc(CO)c(CN2CCN(Cc3cn[nH]n3)C[C@H](O)C2)c1O. The van der Waals surface area contributed by atoms with Gasteiger partial charge in [0.2, 0.25) is 0 Å². The standard InChI is InChI=1S/C16H24N6O3/c1-11-16(25)15(12(10-23)4-17-11)9-22-3-2-21(7-14(24)8-22)6-13-5-18-20-19-13/h4-5,14,23-25H,2-3,6-10H2,1H3,(H,18,19,20)/t14-/m0/s1. The number of aromatic amines is 1. The monoisotopic (exact) mass is 348 g/mol. The van der Waals surface area contributed by atoms with Gasteiger partial charge >= 0.3 is 0 Å². The van der Waals surface area contributed by atoms with Crippen LogP contribution in [-0.4, -0.2) is 77.8 Å². The molecule has 25 heavy (non-hydrogen) atoms. The Morgan fingerprint density at radius 3 is 2.56 bits per heavy atom. The van der Waals surface area contributed by atoms with E-state index >= 15 is 0 Å². The van der Waals surface area contributed by atoms with Gasteiger partial charge in [-0.15, -0.1) is 0 Å². The zero-order valence-corrected chi connectivity index (χ0v) is 14.3. The molecule has 1 fully saturated rings. The average molecular weight is 348 g/mol. The normalized spacial score (nSPS) is 19.9. The molecular formula is C16H24N6O3. The van der Waals surface area contributed by atoms with Gasteiger partial charge in [-0.3, -0.25) is 14.8 Å². The van der Waals surface area contributed by atoms with Crippen molar-refractivity contribution in [2.24, 2.45) is 0 Å². The Morgan fingerprint density at radius 1 is 1.20 bits per heavy atom. The molecule has 4 N–H and O–H groups in total. The molecule has 0 aliphatic carbocycles. The summed E-state index contributed by atoms with van der Waals surface area (Å²) >= 11 is 0. The molecule has 1 aliphatic heterocycles. The molecule has 0 unspecified atom stereocenters. The quantitative estimate of drug-likeness (QED) is 0.564. The maximum Gasteiger partial charge on any atom is 0.141 e. The van der Waals surface area contributed by atoms with Crippen molar-refractivity contribution < 1.29 is 15.3 Å². The lowest BCUT2D eigenvalue weighted by atomic mass is 10.1. The zero-order chi connectivity index (χ0) is 17.8. The third-order valence-corrected chi connectivity index (χ3v) is 4.50. The van der Waals surface area contributed by atoms with Crippen molar-refractivity contribution in [2.75, 3.05) is 26.2 Å². The van der Waals surface area contributed by atoms with Gasteiger partial charge in [-0.1, -0.05) is 0 Å². The first-order chi connectivity index (χ1) is 12.1. The highest BCUT2D eigenvalue weighted by molar-refractivity contribution is 5.40. The van der Waals surface area contributed by atoms with Crippen molar-refractivity contribution in [2.45, 2.75) is 32.7 Å². The first kappa shape index (κ1) is 17.7. The molecule has 0 bridgehead atoms. The van der Waals surface area contributed by atoms with E-state index in [1.54, 1.807) is 19.3 Å². The minimum atomic E-state index is -0.503. The van der Waals surface area contributed by atoms with E-state index in [2.05, 4.69) is 30.2 Å². The first-order valence-electron chi connectivity index (χ1n) is 8.31. The van der Waals surface area contributed by atoms with Crippen molar-refractivity contribution >= 4 is 0 Å². The highest BCUT2D eigenvalue weighted by Gasteiger charge is 2.23. The minimum absolute atomic E-state index is 0.115. The van der Waals surface area contributed by atoms with Gasteiger partial charge in [0.05, 0.1) is 30.3 Å². The topological polar surface area (TPSA) is 122 Å². The number of hydrogen-bond donors (Lipinski definition) is 4. The highest BCUT2D eigenvalue weighted by atomic mass is 16.3. The van der Waals surface area contributed by atoms with E-state index in [0.29, 0.717) is 43.0 Å². The van der Waals surface area contributed by atoms with Crippen molar-refractivity contribution in [3.05, 3.63) is 34.9 Å². The van der Waals surface area contributed by atoms with E-state index in [-0.39, 0.29) is 12.4 Å². The maximum atomic E-state index is 10.3. The van der Waals surface area contributed by atoms with Crippen LogP contribution in [0.25, 0.3) is 0 Å². The second-order valence-corrected chi connectivity index (χ2v) is 6.44. The second-order valence-electron chi connectivity index (χ2n) is 6.44. The van der Waals surface area contributed by atoms with Crippen molar-refractivity contribution in [3.63, 3.8) is 0 Å². The smallest absolute Gasteiger partial charge is 0.141 e. The number of rotatable bonds is 5. The fourth-order valence-corrected chi connectivity index (χ4v) is 3.16. The number of hydrogen-bond acceptors (Lipinski definition) is 8. The molecule has 9 heteroatoms. The molecule has 3 rings (SSSR count). The van der Waals surface area contributed by atoms with Gasteiger partial charge in [0, 0.05) is 56.6 Å². The van der Waals surface area contributed by atoms with E-state index in [1.165, 1.54) is 0 Å². The number of aliphatic hydroxyl groups excluding tert-OH is 2. The summed E-state index contributed by atoms with van der Waals surface area (Å²) in [6.07, 6.45) is 2.77. The van der Waals surface area contributed by atoms with Crippen LogP contribution in [0.4, 0.5) is 0 Å². The summed E-state index contributed by atoms with van der Waals surface area (Å²) < 4.78 is 0. The van der Waals surface area contributed by atoms with Crippen molar-refractivity contribution in [1.29, 1.82) is 0 Å². The van der Waals surface area contributed by atoms with Crippen molar-refractivity contribution in [1.82, 2.24) is 30.2 Å². The Balaban J connectivity index is 1.69. The van der Waals surface area contributed by atoms with E-state index in [4.69, 9.17) is 0 Å². The van der Waals surface area contributed by atoms with Gasteiger partial charge in [0.1, 0.15) is 5.75 Å². The summed E-state index contributed by atoms with van der Waals surface area (Å²) in [5.41, 5.74) is 2.66. The number of aromatic hydroxyl groups is 1. The van der Waals surface area contributed by atoms with Crippen LogP contribution in [0.15, 0.2) is 12.4 Å². The van der Waals surface area contributed by atoms with Crippen LogP contribution in [0.5, 0.6) is 5.75 Å². The van der Waals surface area contributed by atoms with Crippen LogP contribution < -0.4 is 0 Å². The lowest BCUT2D eigenvalue weighted by molar-refractivity contribution is 0.105. The molecule has 136 valence electrons. The minimum Gasteiger partial charge on any atom is -0.506 e. The molecule has 0 spiro atoms. The number of aryl methyl sites for hydroxylation is 1. The summed E-state index contributed by atoms with van der Waals surface area (Å²) in [6.45, 7) is 5.20. The molecule has 0 saturated carbocycles. The molecule has 0 aromatic carbocycles. The van der Waals surface area contributed by atoms with E-state index in [0.717, 1.165) is 18.8 Å². The summed E-state index contributed by atoms with van der Waals surface area (Å²) in [7, 11) is 0. The predicted molar refractivity (Wildman–Crippen MR) is 89.5 cm³/mol. The highest BCUT2D eigenvalue weighted by Crippen LogP contribution is 2.26. The van der Waals surface area contributed by atoms with Gasteiger partial charge in [0.15, 0.2) is 0 Å². The molecule has 3 heterocycles. The number of nitrogens with zero attached hydrogens (tertiary/aromatic N) is 5. The number of β-amino-alcohol motifs (C(OH)–C–C–N with tert-alkyl or cyclic N) is 1. The lowest BCUT2D eigenvalue weighted by Crippen LogP contribution is -2.33. The summed E-state index contributed by atoms with van der Waals surface area (Å²) in [4.78, 5) is 8.31. The number of aromatic nitrogens is 4. The fraction of sp³-hybridized carbons (Fsp3) is 0.562. The third-order valence-electron chi connectivity index (χ3n) is 4.50. The van der Waals surface area contributed by atoms with Crippen LogP contribution in [0.2, 0.25) is 0 Å². The zero-order valence-electron chi connectivity index (χ0n) is 14.3. The molecule has 1 saturated heterocycles. The number of pyridine rings is 1. The number of H-pyrrole nitrogens is 1. The Morgan fingerprint density at radius 2 is 1.92 bits per heavy atom. The summed E-state index contributed by atoms with van der Waals surface area (Å²) in [5, 5.41) is 40.6. The lowest BCUT2D eigenvalue weighted by Gasteiger charge is -2.23. The summed E-state index contributed by atoms with van der Waals surface area (Å²) in [6, 6.07) is 0. The largest absolute Gasteiger partial charge is 0.506 e. The summed E-state index contributed by atoms with van der Waals surface area (Å²) in [5.74, 6) is 0.115. The Hall–Kier alpha value is -2.07. The molecule has 0 amide bonds. The van der Waals surface area contributed by atoms with Crippen molar-refractivity contribution in [3.8, 4) is 5.75 Å². The molecule has 2 aromatic heterocycles. The Kier molecular flexibility index (Phi) is 5.59. The van der Waals surface area contributed by atoms with E-state index in [1.807, 2.05) is 0 Å². The molecule has 2 aromatic rings. The number of nitrogens with one attached hydrogen (secondary N) is 1. The molecule has 1 aliphatic rings. The molecule has 9 nitrogen and oxygen atoms in total. The Labute approximate surface area is 145 Å². The Bertz CT molecular complexity index is 693. The van der Waals surface area contributed by atoms with E-state index in [9.17, 15) is 15.3 Å². The van der Waals surface area contributed by atoms with Gasteiger partial charge in [-0.25, -0.2) is 0 Å². The van der Waals surface area contributed by atoms with Gasteiger partial charge in [-0.2, -0.15) is 15.4 Å². The predicted octanol–water partition coefficient (Wildman–Crippen LogP) is -0.615. The van der Waals surface area contributed by atoms with Crippen LogP contribution in [0.3, 0.4) is 0 Å². The molecular weight excluding hydrogens is 324 g/mol. The van der Waals surface area contributed by atoms with Crippen LogP contribution >= 0.6 is 0 Å². The number of aliphatic hydroxyl groups is 2. The molecule has 0 radical (unpaired) electrons. The van der Waals surface area contributed by atoms with Crippen LogP contribution in [0, 0.1) is 6.92 Å². The van der Waals surface area contributed by atoms with Crippen LogP contribution in [-0.2, 0) is 19.7 Å². The maximum absolute atomic E-state index is 10.3. The van der Waals surface area contributed by atoms with Gasteiger partial charge in [0.25, 0.3) is 0 Å². The van der Waals surface area contributed by atoms with E-state index < -0.39 is 6.10 Å². The van der Waals surface area contributed by atoms with Gasteiger partial charge < -0.3 is 15.3 Å². The fourth-order valence-electron chi connectivity index (χ4n) is 3.16. The third kappa shape index (κ3) is 4.31. The average Bonchev–Trinajstić information content (AvgIpc) is 3.03. The molecule has 1 atom stereocenters. The van der Waals surface area contributed by atoms with Crippen LogP contribution in [0.1, 0.15) is 22.5 Å². The van der Waals surface area contributed by atoms with Gasteiger partial charge in [-0.05, 0) is 6.92 Å². The first-order valence-corrected chi connectivity index (χ1v) is 8.31.